The molecule has 0 unspecified atom stereocenters. The Kier molecular flexibility index (Phi) is 1.39. The van der Waals surface area contributed by atoms with Gasteiger partial charge in [0.1, 0.15) is 0 Å². The molecule has 4 heteroatoms. The predicted molar refractivity (Wildman–Crippen MR) is 34.4 cm³/mol. The number of hydrogen-bond acceptors (Lipinski definition) is 4. The summed E-state index contributed by atoms with van der Waals surface area (Å²) < 4.78 is 4.99. The van der Waals surface area contributed by atoms with Crippen LogP contribution in [0.25, 0.3) is 0 Å². The fourth-order valence-electron chi connectivity index (χ4n) is 1.02. The molecule has 4 nitrogen and oxygen atoms in total. The van der Waals surface area contributed by atoms with Crippen LogP contribution in [0.4, 0.5) is 0 Å². The first-order valence-corrected chi connectivity index (χ1v) is 3.41. The average molecular weight is 139 g/mol. The molecule has 0 radical (unpaired) electrons. The topological polar surface area (TPSA) is 51.0 Å². The Morgan fingerprint density at radius 2 is 2.60 bits per heavy atom. The molecule has 2 rings (SSSR count). The summed E-state index contributed by atoms with van der Waals surface area (Å²) in [6, 6.07) is 0. The highest BCUT2D eigenvalue weighted by molar-refractivity contribution is 4.84. The first-order chi connectivity index (χ1) is 4.95. The Bertz CT molecular complexity index is 193. The molecular weight excluding hydrogens is 130 g/mol. The van der Waals surface area contributed by atoms with Crippen molar-refractivity contribution in [2.45, 2.75) is 6.42 Å². The molecule has 0 bridgehead atoms. The van der Waals surface area contributed by atoms with Crippen molar-refractivity contribution in [3.63, 3.8) is 0 Å². The number of rotatable bonds is 2. The summed E-state index contributed by atoms with van der Waals surface area (Å²) >= 11 is 0. The summed E-state index contributed by atoms with van der Waals surface area (Å²) in [6.45, 7) is 2.17. The maximum Gasteiger partial charge on any atom is 0.216 e. The first kappa shape index (κ1) is 5.85. The molecule has 1 aliphatic heterocycles. The van der Waals surface area contributed by atoms with Gasteiger partial charge in [-0.15, -0.1) is 10.2 Å². The summed E-state index contributed by atoms with van der Waals surface area (Å²) in [5.74, 6) is 1.46. The second kappa shape index (κ2) is 2.38. The lowest BCUT2D eigenvalue weighted by molar-refractivity contribution is 0.318. The molecule has 1 aromatic heterocycles. The molecule has 2 heterocycles. The zero-order valence-electron chi connectivity index (χ0n) is 5.58. The van der Waals surface area contributed by atoms with Gasteiger partial charge >= 0.3 is 0 Å². The van der Waals surface area contributed by atoms with Gasteiger partial charge in [0.25, 0.3) is 0 Å². The van der Waals surface area contributed by atoms with Gasteiger partial charge in [-0.2, -0.15) is 0 Å². The van der Waals surface area contributed by atoms with Gasteiger partial charge in [-0.3, -0.25) is 0 Å². The Labute approximate surface area is 58.6 Å². The van der Waals surface area contributed by atoms with E-state index in [4.69, 9.17) is 4.42 Å². The smallest absolute Gasteiger partial charge is 0.216 e. The molecule has 1 saturated heterocycles. The number of nitrogens with one attached hydrogen (secondary N) is 1. The number of nitrogens with zero attached hydrogens (tertiary/aromatic N) is 2. The lowest BCUT2D eigenvalue weighted by Gasteiger charge is -2.25. The maximum absolute atomic E-state index is 4.99. The van der Waals surface area contributed by atoms with Crippen molar-refractivity contribution < 1.29 is 4.42 Å². The van der Waals surface area contributed by atoms with Gasteiger partial charge < -0.3 is 9.73 Å². The van der Waals surface area contributed by atoms with E-state index in [1.807, 2.05) is 0 Å². The predicted octanol–water partition coefficient (Wildman–Crippen LogP) is -0.169. The second-order valence-electron chi connectivity index (χ2n) is 2.56. The van der Waals surface area contributed by atoms with Crippen LogP contribution in [0.1, 0.15) is 5.89 Å². The van der Waals surface area contributed by atoms with Crippen LogP contribution in [-0.4, -0.2) is 23.3 Å². The minimum absolute atomic E-state index is 0.709. The van der Waals surface area contributed by atoms with E-state index in [2.05, 4.69) is 15.5 Å². The third kappa shape index (κ3) is 1.02. The summed E-state index contributed by atoms with van der Waals surface area (Å²) in [6.07, 6.45) is 2.30. The molecule has 1 N–H and O–H groups in total. The van der Waals surface area contributed by atoms with Crippen molar-refractivity contribution in [2.75, 3.05) is 13.1 Å². The zero-order valence-corrected chi connectivity index (χ0v) is 5.58. The van der Waals surface area contributed by atoms with Crippen LogP contribution in [0, 0.1) is 5.92 Å². The van der Waals surface area contributed by atoms with E-state index < -0.39 is 0 Å². The fourth-order valence-corrected chi connectivity index (χ4v) is 1.02. The molecule has 54 valence electrons. The highest BCUT2D eigenvalue weighted by Gasteiger charge is 2.18. The molecule has 1 aliphatic rings. The van der Waals surface area contributed by atoms with E-state index in [-0.39, 0.29) is 0 Å². The SMILES string of the molecule is c1nnc(CC2CNC2)o1. The maximum atomic E-state index is 4.99. The van der Waals surface area contributed by atoms with Crippen LogP contribution in [0.3, 0.4) is 0 Å². The van der Waals surface area contributed by atoms with Crippen LogP contribution in [0.5, 0.6) is 0 Å². The molecule has 0 saturated carbocycles. The third-order valence-corrected chi connectivity index (χ3v) is 1.73. The molecule has 0 aliphatic carbocycles. The van der Waals surface area contributed by atoms with Crippen molar-refractivity contribution >= 4 is 0 Å². The highest BCUT2D eigenvalue weighted by Crippen LogP contribution is 2.09. The van der Waals surface area contributed by atoms with E-state index >= 15 is 0 Å². The summed E-state index contributed by atoms with van der Waals surface area (Å²) in [4.78, 5) is 0. The average Bonchev–Trinajstić information content (AvgIpc) is 2.29. The summed E-state index contributed by atoms with van der Waals surface area (Å²) in [5.41, 5.74) is 0. The van der Waals surface area contributed by atoms with E-state index in [1.165, 1.54) is 6.39 Å². The largest absolute Gasteiger partial charge is 0.428 e. The van der Waals surface area contributed by atoms with Crippen molar-refractivity contribution in [3.8, 4) is 0 Å². The van der Waals surface area contributed by atoms with Gasteiger partial charge in [0.15, 0.2) is 0 Å². The molecule has 0 amide bonds. The van der Waals surface area contributed by atoms with Gasteiger partial charge in [-0.1, -0.05) is 0 Å². The van der Waals surface area contributed by atoms with E-state index in [1.54, 1.807) is 0 Å². The van der Waals surface area contributed by atoms with Crippen molar-refractivity contribution in [2.24, 2.45) is 5.92 Å². The normalized spacial score (nSPS) is 18.8. The van der Waals surface area contributed by atoms with Gasteiger partial charge in [0, 0.05) is 6.42 Å². The van der Waals surface area contributed by atoms with Crippen molar-refractivity contribution in [1.29, 1.82) is 0 Å². The Morgan fingerprint density at radius 3 is 3.10 bits per heavy atom. The number of hydrogen-bond donors (Lipinski definition) is 1. The van der Waals surface area contributed by atoms with Crippen LogP contribution in [0.15, 0.2) is 10.8 Å². The minimum Gasteiger partial charge on any atom is -0.428 e. The van der Waals surface area contributed by atoms with Gasteiger partial charge in [-0.25, -0.2) is 0 Å². The highest BCUT2D eigenvalue weighted by atomic mass is 16.4. The van der Waals surface area contributed by atoms with E-state index in [9.17, 15) is 0 Å². The molecular formula is C6H9N3O. The van der Waals surface area contributed by atoms with Crippen molar-refractivity contribution in [3.05, 3.63) is 12.3 Å². The lowest BCUT2D eigenvalue weighted by Crippen LogP contribution is -2.43. The van der Waals surface area contributed by atoms with Crippen LogP contribution in [0.2, 0.25) is 0 Å². The monoisotopic (exact) mass is 139 g/mol. The first-order valence-electron chi connectivity index (χ1n) is 3.41. The Hall–Kier alpha value is -0.900. The Balaban J connectivity index is 1.90. The molecule has 1 fully saturated rings. The molecule has 1 aromatic rings. The molecule has 0 atom stereocenters. The van der Waals surface area contributed by atoms with Crippen molar-refractivity contribution in [1.82, 2.24) is 15.5 Å². The van der Waals surface area contributed by atoms with Gasteiger partial charge in [-0.05, 0) is 19.0 Å². The zero-order chi connectivity index (χ0) is 6.81. The van der Waals surface area contributed by atoms with Gasteiger partial charge in [0.2, 0.25) is 12.3 Å². The molecule has 0 aromatic carbocycles. The van der Waals surface area contributed by atoms with Gasteiger partial charge in [0.05, 0.1) is 0 Å². The summed E-state index contributed by atoms with van der Waals surface area (Å²) in [5, 5.41) is 10.6. The van der Waals surface area contributed by atoms with Crippen LogP contribution >= 0.6 is 0 Å². The Morgan fingerprint density at radius 1 is 1.70 bits per heavy atom. The van der Waals surface area contributed by atoms with E-state index in [0.29, 0.717) is 5.92 Å². The van der Waals surface area contributed by atoms with Crippen LogP contribution in [-0.2, 0) is 6.42 Å². The quantitative estimate of drug-likeness (QED) is 0.618. The molecule has 10 heavy (non-hydrogen) atoms. The van der Waals surface area contributed by atoms with E-state index in [0.717, 1.165) is 25.4 Å². The van der Waals surface area contributed by atoms with Crippen LogP contribution < -0.4 is 5.32 Å². The lowest BCUT2D eigenvalue weighted by atomic mass is 10.00. The standard InChI is InChI=1S/C6H9N3O/c1(5-2-7-3-5)6-9-8-4-10-6/h4-5,7H,1-3H2. The minimum atomic E-state index is 0.709. The molecule has 0 spiro atoms. The third-order valence-electron chi connectivity index (χ3n) is 1.73. The fraction of sp³-hybridized carbons (Fsp3) is 0.667. The summed E-state index contributed by atoms with van der Waals surface area (Å²) in [7, 11) is 0. The second-order valence-corrected chi connectivity index (χ2v) is 2.56. The number of aromatic nitrogens is 2.